The van der Waals surface area contributed by atoms with E-state index in [2.05, 4.69) is 0 Å². The lowest BCUT2D eigenvalue weighted by Crippen LogP contribution is -2.57. The normalized spacial score (nSPS) is 25.6. The van der Waals surface area contributed by atoms with E-state index >= 15 is 0 Å². The molecule has 1 atom stereocenters. The molecule has 0 radical (unpaired) electrons. The number of rotatable bonds is 2. The Kier molecular flexibility index (Phi) is 4.59. The minimum atomic E-state index is -0.543. The maximum Gasteiger partial charge on any atom is 0.484 e. The second kappa shape index (κ2) is 6.39. The van der Waals surface area contributed by atoms with Crippen molar-refractivity contribution in [2.75, 3.05) is 19.8 Å². The molecular formula is C17H24BNO5. The number of amides is 1. The maximum absolute atomic E-state index is 12.6. The van der Waals surface area contributed by atoms with Crippen LogP contribution >= 0.6 is 0 Å². The molecule has 0 N–H and O–H groups in total. The van der Waals surface area contributed by atoms with Crippen molar-refractivity contribution < 1.29 is 23.6 Å². The average Bonchev–Trinajstić information content (AvgIpc) is 2.76. The molecule has 0 bridgehead atoms. The van der Waals surface area contributed by atoms with Gasteiger partial charge >= 0.3 is 13.2 Å². The number of para-hydroxylation sites is 1. The van der Waals surface area contributed by atoms with Gasteiger partial charge in [-0.2, -0.15) is 0 Å². The summed E-state index contributed by atoms with van der Waals surface area (Å²) in [6.07, 6.45) is -0.413. The van der Waals surface area contributed by atoms with Gasteiger partial charge in [0, 0.05) is 6.54 Å². The van der Waals surface area contributed by atoms with Crippen LogP contribution in [0.4, 0.5) is 4.79 Å². The van der Waals surface area contributed by atoms with E-state index in [-0.39, 0.29) is 5.94 Å². The van der Waals surface area contributed by atoms with Gasteiger partial charge in [0.1, 0.15) is 5.75 Å². The van der Waals surface area contributed by atoms with Crippen molar-refractivity contribution in [1.82, 2.24) is 4.90 Å². The summed E-state index contributed by atoms with van der Waals surface area (Å²) in [5, 5.41) is 0. The van der Waals surface area contributed by atoms with E-state index in [0.29, 0.717) is 25.5 Å². The Hall–Kier alpha value is -1.57. The van der Waals surface area contributed by atoms with Crippen LogP contribution in [0.1, 0.15) is 27.7 Å². The van der Waals surface area contributed by atoms with Crippen LogP contribution in [0.5, 0.6) is 5.75 Å². The number of ether oxygens (including phenoxy) is 2. The standard InChI is InChI=1S/C17H24BNO5/c1-16(2)17(3,4)24-18(23-16)14-12-21-11-10-19(14)15(20)22-13-8-6-5-7-9-13/h5-9,14H,10-12H2,1-4H3. The molecular weight excluding hydrogens is 309 g/mol. The monoisotopic (exact) mass is 333 g/mol. The van der Waals surface area contributed by atoms with Gasteiger partial charge in [-0.05, 0) is 39.8 Å². The molecule has 0 saturated carbocycles. The summed E-state index contributed by atoms with van der Waals surface area (Å²) >= 11 is 0. The van der Waals surface area contributed by atoms with Crippen LogP contribution in [0.2, 0.25) is 0 Å². The summed E-state index contributed by atoms with van der Waals surface area (Å²) < 4.78 is 23.2. The van der Waals surface area contributed by atoms with Crippen LogP contribution in [-0.2, 0) is 14.0 Å². The van der Waals surface area contributed by atoms with E-state index in [1.165, 1.54) is 0 Å². The highest BCUT2D eigenvalue weighted by molar-refractivity contribution is 6.48. The minimum absolute atomic E-state index is 0.337. The topological polar surface area (TPSA) is 57.2 Å². The number of carbonyl (C=O) groups excluding carboxylic acids is 1. The molecule has 1 aromatic rings. The van der Waals surface area contributed by atoms with Crippen molar-refractivity contribution in [2.45, 2.75) is 44.8 Å². The van der Waals surface area contributed by atoms with E-state index in [4.69, 9.17) is 18.8 Å². The van der Waals surface area contributed by atoms with Crippen molar-refractivity contribution in [3.05, 3.63) is 30.3 Å². The first-order valence-corrected chi connectivity index (χ1v) is 8.27. The fraction of sp³-hybridized carbons (Fsp3) is 0.588. The maximum atomic E-state index is 12.6. The Balaban J connectivity index is 1.73. The van der Waals surface area contributed by atoms with Crippen molar-refractivity contribution in [3.8, 4) is 5.75 Å². The molecule has 0 spiro atoms. The molecule has 7 heteroatoms. The first-order valence-electron chi connectivity index (χ1n) is 8.27. The highest BCUT2D eigenvalue weighted by Gasteiger charge is 2.56. The zero-order chi connectivity index (χ0) is 17.4. The largest absolute Gasteiger partial charge is 0.484 e. The van der Waals surface area contributed by atoms with Gasteiger partial charge in [0.25, 0.3) is 0 Å². The fourth-order valence-corrected chi connectivity index (χ4v) is 2.77. The Labute approximate surface area is 143 Å². The second-order valence-electron chi connectivity index (χ2n) is 7.14. The van der Waals surface area contributed by atoms with Crippen LogP contribution < -0.4 is 4.74 Å². The molecule has 1 aromatic carbocycles. The van der Waals surface area contributed by atoms with E-state index in [1.807, 2.05) is 45.9 Å². The third kappa shape index (κ3) is 3.29. The van der Waals surface area contributed by atoms with Crippen LogP contribution in [0.15, 0.2) is 30.3 Å². The van der Waals surface area contributed by atoms with Crippen molar-refractivity contribution in [2.24, 2.45) is 0 Å². The molecule has 0 aromatic heterocycles. The molecule has 2 fully saturated rings. The van der Waals surface area contributed by atoms with Crippen LogP contribution in [0.3, 0.4) is 0 Å². The van der Waals surface area contributed by atoms with E-state index in [0.717, 1.165) is 0 Å². The van der Waals surface area contributed by atoms with Crippen molar-refractivity contribution in [1.29, 1.82) is 0 Å². The van der Waals surface area contributed by atoms with Gasteiger partial charge in [-0.15, -0.1) is 0 Å². The molecule has 130 valence electrons. The van der Waals surface area contributed by atoms with Gasteiger partial charge in [-0.1, -0.05) is 18.2 Å². The molecule has 1 amide bonds. The smallest absolute Gasteiger partial charge is 0.410 e. The molecule has 2 heterocycles. The molecule has 2 saturated heterocycles. The van der Waals surface area contributed by atoms with E-state index in [9.17, 15) is 4.79 Å². The highest BCUT2D eigenvalue weighted by atomic mass is 16.7. The fourth-order valence-electron chi connectivity index (χ4n) is 2.77. The second-order valence-corrected chi connectivity index (χ2v) is 7.14. The summed E-state index contributed by atoms with van der Waals surface area (Å²) in [6, 6.07) is 9.03. The van der Waals surface area contributed by atoms with E-state index < -0.39 is 24.4 Å². The number of benzene rings is 1. The third-order valence-electron chi connectivity index (χ3n) is 4.93. The average molecular weight is 333 g/mol. The van der Waals surface area contributed by atoms with Crippen molar-refractivity contribution >= 4 is 13.2 Å². The predicted molar refractivity (Wildman–Crippen MR) is 89.9 cm³/mol. The number of hydrogen-bond donors (Lipinski definition) is 0. The van der Waals surface area contributed by atoms with Crippen LogP contribution in [0, 0.1) is 0 Å². The Bertz CT molecular complexity index is 576. The molecule has 2 aliphatic heterocycles. The van der Waals surface area contributed by atoms with Crippen LogP contribution in [-0.4, -0.2) is 55.0 Å². The van der Waals surface area contributed by atoms with Gasteiger partial charge in [0.15, 0.2) is 0 Å². The van der Waals surface area contributed by atoms with Gasteiger partial charge in [-0.25, -0.2) is 4.79 Å². The van der Waals surface area contributed by atoms with Gasteiger partial charge in [0.2, 0.25) is 0 Å². The zero-order valence-corrected chi connectivity index (χ0v) is 14.7. The molecule has 2 aliphatic rings. The summed E-state index contributed by atoms with van der Waals surface area (Å²) in [5.74, 6) is 0.178. The SMILES string of the molecule is CC1(C)OB(C2COCCN2C(=O)Oc2ccccc2)OC1(C)C. The van der Waals surface area contributed by atoms with Gasteiger partial charge in [0.05, 0.1) is 30.4 Å². The summed E-state index contributed by atoms with van der Waals surface area (Å²) in [4.78, 5) is 14.2. The molecule has 24 heavy (non-hydrogen) atoms. The van der Waals surface area contributed by atoms with Crippen LogP contribution in [0.25, 0.3) is 0 Å². The Morgan fingerprint density at radius 2 is 1.79 bits per heavy atom. The van der Waals surface area contributed by atoms with Crippen molar-refractivity contribution in [3.63, 3.8) is 0 Å². The first kappa shape index (κ1) is 17.3. The highest BCUT2D eigenvalue weighted by Crippen LogP contribution is 2.38. The number of carbonyl (C=O) groups is 1. The lowest BCUT2D eigenvalue weighted by molar-refractivity contribution is 0.00578. The summed E-state index contributed by atoms with van der Waals surface area (Å²) in [5.41, 5.74) is -0.908. The van der Waals surface area contributed by atoms with Gasteiger partial charge < -0.3 is 23.7 Å². The van der Waals surface area contributed by atoms with E-state index in [1.54, 1.807) is 17.0 Å². The summed E-state index contributed by atoms with van der Waals surface area (Å²) in [6.45, 7) is 9.24. The third-order valence-corrected chi connectivity index (χ3v) is 4.93. The molecule has 3 rings (SSSR count). The lowest BCUT2D eigenvalue weighted by atomic mass is 9.77. The quantitative estimate of drug-likeness (QED) is 0.779. The lowest BCUT2D eigenvalue weighted by Gasteiger charge is -2.35. The number of hydrogen-bond acceptors (Lipinski definition) is 5. The Morgan fingerprint density at radius 1 is 1.17 bits per heavy atom. The predicted octanol–water partition coefficient (Wildman–Crippen LogP) is 2.52. The minimum Gasteiger partial charge on any atom is -0.410 e. The molecule has 6 nitrogen and oxygen atoms in total. The number of nitrogens with zero attached hydrogens (tertiary/aromatic N) is 1. The zero-order valence-electron chi connectivity index (χ0n) is 14.7. The Morgan fingerprint density at radius 3 is 2.42 bits per heavy atom. The number of morpholine rings is 1. The first-order chi connectivity index (χ1) is 11.3. The van der Waals surface area contributed by atoms with Gasteiger partial charge in [-0.3, -0.25) is 0 Å². The molecule has 0 aliphatic carbocycles. The molecule has 1 unspecified atom stereocenters. The summed E-state index contributed by atoms with van der Waals surface area (Å²) in [7, 11) is -0.543.